The number of hydrogen-bond acceptors (Lipinski definition) is 5. The van der Waals surface area contributed by atoms with E-state index >= 15 is 0 Å². The van der Waals surface area contributed by atoms with Crippen LogP contribution in [0.4, 0.5) is 0 Å². The Balaban J connectivity index is 1.26. The van der Waals surface area contributed by atoms with Crippen LogP contribution in [-0.2, 0) is 11.3 Å². The van der Waals surface area contributed by atoms with Gasteiger partial charge in [-0.05, 0) is 69.9 Å². The second kappa shape index (κ2) is 9.81. The van der Waals surface area contributed by atoms with Crippen molar-refractivity contribution in [3.63, 3.8) is 0 Å². The van der Waals surface area contributed by atoms with Gasteiger partial charge in [-0.1, -0.05) is 6.07 Å². The van der Waals surface area contributed by atoms with Gasteiger partial charge in [-0.25, -0.2) is 0 Å². The smallest absolute Gasteiger partial charge is 0.227 e. The molecule has 1 atom stereocenters. The van der Waals surface area contributed by atoms with Gasteiger partial charge in [-0.3, -0.25) is 19.6 Å². The van der Waals surface area contributed by atoms with Gasteiger partial charge in [0, 0.05) is 51.2 Å². The van der Waals surface area contributed by atoms with Crippen LogP contribution in [0.5, 0.6) is 0 Å². The highest BCUT2D eigenvalue weighted by atomic mass is 16.2. The standard InChI is InChI=1S/C22H35N5O/c28-22(26-12-3-9-23-10-15-26)20-5-2-11-27(18-20)21-6-13-25(14-7-21)17-19-4-1-8-24-16-19/h1,4,8,16,20-21,23H,2-3,5-7,9-15,17-18H2. The summed E-state index contributed by atoms with van der Waals surface area (Å²) in [6.45, 7) is 9.21. The Labute approximate surface area is 169 Å². The molecule has 1 N–H and O–H groups in total. The van der Waals surface area contributed by atoms with Crippen LogP contribution in [-0.4, -0.2) is 84.0 Å². The zero-order valence-corrected chi connectivity index (χ0v) is 17.1. The third-order valence-electron chi connectivity index (χ3n) is 6.66. The van der Waals surface area contributed by atoms with Crippen LogP contribution in [0, 0.1) is 5.92 Å². The number of aromatic nitrogens is 1. The van der Waals surface area contributed by atoms with Crippen molar-refractivity contribution in [1.82, 2.24) is 25.0 Å². The molecule has 0 radical (unpaired) electrons. The van der Waals surface area contributed by atoms with Crippen LogP contribution in [0.25, 0.3) is 0 Å². The van der Waals surface area contributed by atoms with Crippen molar-refractivity contribution in [2.24, 2.45) is 5.92 Å². The fraction of sp³-hybridized carbons (Fsp3) is 0.727. The molecule has 6 nitrogen and oxygen atoms in total. The molecule has 0 saturated carbocycles. The molecule has 1 amide bonds. The number of hydrogen-bond donors (Lipinski definition) is 1. The molecule has 1 unspecified atom stereocenters. The fourth-order valence-electron chi connectivity index (χ4n) is 5.06. The van der Waals surface area contributed by atoms with Gasteiger partial charge in [-0.2, -0.15) is 0 Å². The second-order valence-electron chi connectivity index (χ2n) is 8.63. The minimum Gasteiger partial charge on any atom is -0.341 e. The minimum atomic E-state index is 0.209. The molecule has 1 aromatic heterocycles. The van der Waals surface area contributed by atoms with Gasteiger partial charge in [0.25, 0.3) is 0 Å². The topological polar surface area (TPSA) is 51.7 Å². The van der Waals surface area contributed by atoms with Gasteiger partial charge < -0.3 is 10.2 Å². The predicted molar refractivity (Wildman–Crippen MR) is 111 cm³/mol. The average Bonchev–Trinajstić information content (AvgIpc) is 3.04. The van der Waals surface area contributed by atoms with Crippen molar-refractivity contribution < 1.29 is 4.79 Å². The molecular formula is C22H35N5O. The van der Waals surface area contributed by atoms with Gasteiger partial charge in [-0.15, -0.1) is 0 Å². The number of nitrogens with one attached hydrogen (secondary N) is 1. The molecule has 3 saturated heterocycles. The summed E-state index contributed by atoms with van der Waals surface area (Å²) in [5.74, 6) is 0.614. The number of rotatable bonds is 4. The Morgan fingerprint density at radius 3 is 2.79 bits per heavy atom. The number of nitrogens with zero attached hydrogens (tertiary/aromatic N) is 4. The van der Waals surface area contributed by atoms with Crippen LogP contribution in [0.3, 0.4) is 0 Å². The number of carbonyl (C=O) groups is 1. The zero-order chi connectivity index (χ0) is 19.2. The third kappa shape index (κ3) is 5.10. The molecular weight excluding hydrogens is 350 g/mol. The summed E-state index contributed by atoms with van der Waals surface area (Å²) in [4.78, 5) is 24.6. The number of piperidine rings is 2. The molecule has 6 heteroatoms. The van der Waals surface area contributed by atoms with E-state index in [0.717, 1.165) is 65.2 Å². The van der Waals surface area contributed by atoms with E-state index in [1.54, 1.807) is 0 Å². The summed E-state index contributed by atoms with van der Waals surface area (Å²) in [5.41, 5.74) is 1.30. The van der Waals surface area contributed by atoms with Gasteiger partial charge in [0.2, 0.25) is 5.91 Å². The lowest BCUT2D eigenvalue weighted by Gasteiger charge is -2.42. The highest BCUT2D eigenvalue weighted by molar-refractivity contribution is 5.79. The molecule has 0 spiro atoms. The molecule has 4 rings (SSSR count). The van der Waals surface area contributed by atoms with Gasteiger partial charge in [0.05, 0.1) is 5.92 Å². The summed E-state index contributed by atoms with van der Waals surface area (Å²) in [7, 11) is 0. The Morgan fingerprint density at radius 1 is 1.07 bits per heavy atom. The number of likely N-dealkylation sites (tertiary alicyclic amines) is 2. The minimum absolute atomic E-state index is 0.209. The first kappa shape index (κ1) is 19.8. The summed E-state index contributed by atoms with van der Waals surface area (Å²) in [6.07, 6.45) is 9.57. The van der Waals surface area contributed by atoms with Crippen molar-refractivity contribution in [1.29, 1.82) is 0 Å². The summed E-state index contributed by atoms with van der Waals surface area (Å²) in [6, 6.07) is 4.83. The van der Waals surface area contributed by atoms with Crippen molar-refractivity contribution >= 4 is 5.91 Å². The molecule has 0 bridgehead atoms. The highest BCUT2D eigenvalue weighted by Crippen LogP contribution is 2.25. The first-order valence-electron chi connectivity index (χ1n) is 11.1. The Hall–Kier alpha value is -1.50. The lowest BCUT2D eigenvalue weighted by Crippen LogP contribution is -2.51. The summed E-state index contributed by atoms with van der Waals surface area (Å²) >= 11 is 0. The quantitative estimate of drug-likeness (QED) is 0.853. The van der Waals surface area contributed by atoms with Crippen LogP contribution < -0.4 is 5.32 Å². The van der Waals surface area contributed by atoms with Crippen molar-refractivity contribution in [3.8, 4) is 0 Å². The first-order valence-corrected chi connectivity index (χ1v) is 11.1. The average molecular weight is 386 g/mol. The van der Waals surface area contributed by atoms with E-state index in [2.05, 4.69) is 31.1 Å². The number of carbonyl (C=O) groups excluding carboxylic acids is 1. The van der Waals surface area contributed by atoms with E-state index in [9.17, 15) is 4.79 Å². The second-order valence-corrected chi connectivity index (χ2v) is 8.63. The van der Waals surface area contributed by atoms with Gasteiger partial charge in [0.1, 0.15) is 0 Å². The number of pyridine rings is 1. The molecule has 0 aliphatic carbocycles. The molecule has 3 aliphatic heterocycles. The predicted octanol–water partition coefficient (Wildman–Crippen LogP) is 1.58. The van der Waals surface area contributed by atoms with Crippen molar-refractivity contribution in [2.45, 2.75) is 44.7 Å². The van der Waals surface area contributed by atoms with Crippen LogP contribution >= 0.6 is 0 Å². The Kier molecular flexibility index (Phi) is 6.94. The van der Waals surface area contributed by atoms with E-state index in [4.69, 9.17) is 0 Å². The molecule has 3 aliphatic rings. The zero-order valence-electron chi connectivity index (χ0n) is 17.1. The van der Waals surface area contributed by atoms with E-state index in [1.807, 2.05) is 18.5 Å². The largest absolute Gasteiger partial charge is 0.341 e. The lowest BCUT2D eigenvalue weighted by atomic mass is 9.92. The Morgan fingerprint density at radius 2 is 1.96 bits per heavy atom. The lowest BCUT2D eigenvalue weighted by molar-refractivity contribution is -0.137. The third-order valence-corrected chi connectivity index (χ3v) is 6.66. The molecule has 3 fully saturated rings. The van der Waals surface area contributed by atoms with Crippen molar-refractivity contribution in [3.05, 3.63) is 30.1 Å². The Bertz CT molecular complexity index is 609. The maximum atomic E-state index is 13.0. The molecule has 154 valence electrons. The van der Waals surface area contributed by atoms with E-state index in [0.29, 0.717) is 11.9 Å². The molecule has 0 aromatic carbocycles. The van der Waals surface area contributed by atoms with Crippen LogP contribution in [0.15, 0.2) is 24.5 Å². The van der Waals surface area contributed by atoms with E-state index in [1.165, 1.54) is 31.4 Å². The summed E-state index contributed by atoms with van der Waals surface area (Å²) < 4.78 is 0. The maximum absolute atomic E-state index is 13.0. The van der Waals surface area contributed by atoms with Crippen molar-refractivity contribution in [2.75, 3.05) is 52.4 Å². The molecule has 28 heavy (non-hydrogen) atoms. The molecule has 1 aromatic rings. The van der Waals surface area contributed by atoms with Crippen LogP contribution in [0.1, 0.15) is 37.7 Å². The maximum Gasteiger partial charge on any atom is 0.227 e. The summed E-state index contributed by atoms with van der Waals surface area (Å²) in [5, 5.41) is 3.40. The fourth-order valence-corrected chi connectivity index (χ4v) is 5.06. The van der Waals surface area contributed by atoms with Crippen LogP contribution in [0.2, 0.25) is 0 Å². The monoisotopic (exact) mass is 385 g/mol. The SMILES string of the molecule is O=C(C1CCCN(C2CCN(Cc3cccnc3)CC2)C1)N1CCCNCC1. The van der Waals surface area contributed by atoms with E-state index < -0.39 is 0 Å². The van der Waals surface area contributed by atoms with Gasteiger partial charge >= 0.3 is 0 Å². The highest BCUT2D eigenvalue weighted by Gasteiger charge is 2.33. The molecule has 4 heterocycles. The number of amides is 1. The van der Waals surface area contributed by atoms with E-state index in [-0.39, 0.29) is 5.92 Å². The first-order chi connectivity index (χ1) is 13.8. The normalized spacial score (nSPS) is 26.1. The van der Waals surface area contributed by atoms with Gasteiger partial charge in [0.15, 0.2) is 0 Å².